The molecule has 2 heterocycles. The first-order chi connectivity index (χ1) is 20.6. The van der Waals surface area contributed by atoms with E-state index in [1.807, 2.05) is 61.5 Å². The average Bonchev–Trinajstić information content (AvgIpc) is 3.80. The molecule has 5 rings (SSSR count). The molecule has 1 saturated carbocycles. The number of hydrogen-bond donors (Lipinski definition) is 3. The van der Waals surface area contributed by atoms with Gasteiger partial charge >= 0.3 is 0 Å². The Morgan fingerprint density at radius 2 is 1.88 bits per heavy atom. The molecule has 43 heavy (non-hydrogen) atoms. The number of allylic oxidation sites excluding steroid dienone is 1. The van der Waals surface area contributed by atoms with Crippen molar-refractivity contribution < 1.29 is 19.5 Å². The van der Waals surface area contributed by atoms with E-state index in [-0.39, 0.29) is 42.1 Å². The number of carbonyl (C=O) groups is 3. The van der Waals surface area contributed by atoms with E-state index in [4.69, 9.17) is 0 Å². The van der Waals surface area contributed by atoms with Crippen molar-refractivity contribution in [3.63, 3.8) is 0 Å². The first kappa shape index (κ1) is 30.2. The lowest BCUT2D eigenvalue weighted by Crippen LogP contribution is -2.35. The molecule has 1 aromatic heterocycles. The fourth-order valence-corrected chi connectivity index (χ4v) is 5.49. The molecule has 1 fully saturated rings. The quantitative estimate of drug-likeness (QED) is 0.291. The van der Waals surface area contributed by atoms with Crippen LogP contribution in [0.15, 0.2) is 72.4 Å². The molecule has 0 unspecified atom stereocenters. The molecular formula is C35H40N4O4. The Morgan fingerprint density at radius 1 is 1.12 bits per heavy atom. The fraction of sp³-hybridized carbons (Fsp3) is 0.371. The molecule has 3 aromatic rings. The molecule has 0 saturated heterocycles. The lowest BCUT2D eigenvalue weighted by Gasteiger charge is -2.28. The second kappa shape index (κ2) is 12.5. The summed E-state index contributed by atoms with van der Waals surface area (Å²) in [5, 5.41) is 15.8. The molecule has 3 N–H and O–H groups in total. The number of rotatable bonds is 9. The van der Waals surface area contributed by atoms with Gasteiger partial charge in [-0.3, -0.25) is 14.4 Å². The number of anilines is 2. The number of fused-ring (bicyclic) bond motifs is 1. The van der Waals surface area contributed by atoms with E-state index >= 15 is 0 Å². The molecule has 2 amide bonds. The van der Waals surface area contributed by atoms with Crippen molar-refractivity contribution in [2.45, 2.75) is 52.5 Å². The van der Waals surface area contributed by atoms with E-state index < -0.39 is 5.92 Å². The normalized spacial score (nSPS) is 18.7. The van der Waals surface area contributed by atoms with Gasteiger partial charge in [0.25, 0.3) is 5.91 Å². The molecule has 1 aliphatic carbocycles. The summed E-state index contributed by atoms with van der Waals surface area (Å²) >= 11 is 0. The van der Waals surface area contributed by atoms with Crippen LogP contribution >= 0.6 is 0 Å². The highest BCUT2D eigenvalue weighted by Gasteiger charge is 2.42. The Morgan fingerprint density at radius 3 is 2.60 bits per heavy atom. The smallest absolute Gasteiger partial charge is 0.251 e. The molecule has 0 bridgehead atoms. The Kier molecular flexibility index (Phi) is 8.78. The molecule has 8 heteroatoms. The van der Waals surface area contributed by atoms with Crippen LogP contribution in [0.4, 0.5) is 11.5 Å². The number of amides is 2. The topological polar surface area (TPSA) is 112 Å². The third kappa shape index (κ3) is 6.86. The number of carbonyl (C=O) groups excluding carboxylic acids is 3. The molecule has 1 atom stereocenters. The van der Waals surface area contributed by atoms with E-state index in [1.54, 1.807) is 24.2 Å². The molecule has 0 spiro atoms. The Labute approximate surface area is 253 Å². The Balaban J connectivity index is 1.34. The zero-order valence-corrected chi connectivity index (χ0v) is 25.3. The molecule has 1 aliphatic heterocycles. The van der Waals surface area contributed by atoms with Gasteiger partial charge in [-0.05, 0) is 93.1 Å². The van der Waals surface area contributed by atoms with Crippen molar-refractivity contribution in [1.82, 2.24) is 10.3 Å². The summed E-state index contributed by atoms with van der Waals surface area (Å²) in [6, 6.07) is 17.1. The first-order valence-corrected chi connectivity index (χ1v) is 14.9. The van der Waals surface area contributed by atoms with Gasteiger partial charge < -0.3 is 20.6 Å². The number of nitrogens with zero attached hydrogens (tertiary/aromatic N) is 2. The van der Waals surface area contributed by atoms with Gasteiger partial charge in [0.1, 0.15) is 5.82 Å². The molecule has 0 radical (unpaired) electrons. The van der Waals surface area contributed by atoms with E-state index in [9.17, 15) is 19.5 Å². The Bertz CT molecular complexity index is 1570. The third-order valence-electron chi connectivity index (χ3n) is 8.52. The number of benzene rings is 2. The van der Waals surface area contributed by atoms with Crippen molar-refractivity contribution in [3.8, 4) is 11.1 Å². The lowest BCUT2D eigenvalue weighted by molar-refractivity contribution is -0.120. The highest BCUT2D eigenvalue weighted by Crippen LogP contribution is 2.44. The van der Waals surface area contributed by atoms with Crippen LogP contribution < -0.4 is 15.5 Å². The molecule has 8 nitrogen and oxygen atoms in total. The zero-order chi connectivity index (χ0) is 30.7. The molecular weight excluding hydrogens is 540 g/mol. The zero-order valence-electron chi connectivity index (χ0n) is 25.3. The van der Waals surface area contributed by atoms with Crippen LogP contribution in [0.25, 0.3) is 11.1 Å². The molecule has 224 valence electrons. The maximum absolute atomic E-state index is 13.6. The second-order valence-electron chi connectivity index (χ2n) is 12.2. The van der Waals surface area contributed by atoms with Crippen LogP contribution in [0.1, 0.15) is 66.3 Å². The standard InChI is InChI=1S/C35H40N4O4/c1-22(2)38-32-19-27(12-15-36-32)26-10-11-29-30(17-26)39(4)34(43)23(3)25(18-31(29)41)9-8-24-6-5-7-28(16-24)33(42)37-20-35(21-40)13-14-35/h5-7,9-12,15-17,19,22-23,40H,8,13-14,18,20-21H2,1-4H3,(H,36,38)(H,37,42)/b25-9-/t23-/m0/s1. The SMILES string of the molecule is CC(C)Nc1cc(-c2ccc3c(c2)N(C)C(=O)[C@@H](C)/C(=C\Cc2cccc(C(=O)NCC4(CO)CC4)c2)CC3=O)ccn1. The van der Waals surface area contributed by atoms with Gasteiger partial charge in [0.2, 0.25) is 5.91 Å². The largest absolute Gasteiger partial charge is 0.396 e. The lowest BCUT2D eigenvalue weighted by atomic mass is 9.87. The van der Waals surface area contributed by atoms with E-state index in [0.717, 1.165) is 40.9 Å². The first-order valence-electron chi connectivity index (χ1n) is 14.9. The maximum atomic E-state index is 13.6. The number of aromatic nitrogens is 1. The third-order valence-corrected chi connectivity index (χ3v) is 8.52. The predicted octanol–water partition coefficient (Wildman–Crippen LogP) is 5.43. The molecule has 2 aliphatic rings. The number of ketones is 1. The van der Waals surface area contributed by atoms with Gasteiger partial charge in [-0.25, -0.2) is 4.98 Å². The second-order valence-corrected chi connectivity index (χ2v) is 12.2. The predicted molar refractivity (Wildman–Crippen MR) is 169 cm³/mol. The van der Waals surface area contributed by atoms with Gasteiger partial charge in [-0.1, -0.05) is 29.8 Å². The van der Waals surface area contributed by atoms with Crippen LogP contribution in [0, 0.1) is 11.3 Å². The van der Waals surface area contributed by atoms with Crippen molar-refractivity contribution in [1.29, 1.82) is 0 Å². The van der Waals surface area contributed by atoms with Gasteiger partial charge in [0, 0.05) is 48.8 Å². The van der Waals surface area contributed by atoms with Crippen LogP contribution in [-0.2, 0) is 11.2 Å². The minimum atomic E-state index is -0.478. The number of nitrogens with one attached hydrogen (secondary N) is 2. The van der Waals surface area contributed by atoms with Crippen molar-refractivity contribution in [2.75, 3.05) is 30.4 Å². The number of aliphatic hydroxyl groups excluding tert-OH is 1. The number of pyridine rings is 1. The van der Waals surface area contributed by atoms with Crippen molar-refractivity contribution in [3.05, 3.63) is 89.1 Å². The van der Waals surface area contributed by atoms with Crippen LogP contribution in [0.2, 0.25) is 0 Å². The minimum Gasteiger partial charge on any atom is -0.396 e. The average molecular weight is 581 g/mol. The van der Waals surface area contributed by atoms with E-state index in [1.165, 1.54) is 0 Å². The van der Waals surface area contributed by atoms with Gasteiger partial charge in [-0.15, -0.1) is 0 Å². The van der Waals surface area contributed by atoms with Crippen LogP contribution in [0.3, 0.4) is 0 Å². The monoisotopic (exact) mass is 580 g/mol. The summed E-state index contributed by atoms with van der Waals surface area (Å²) in [6.45, 7) is 6.50. The Hall–Kier alpha value is -4.30. The number of hydrogen-bond acceptors (Lipinski definition) is 6. The van der Waals surface area contributed by atoms with Gasteiger partial charge in [0.15, 0.2) is 5.78 Å². The van der Waals surface area contributed by atoms with E-state index in [2.05, 4.69) is 29.5 Å². The summed E-state index contributed by atoms with van der Waals surface area (Å²) in [6.07, 6.45) is 6.19. The number of Topliss-reactive ketones (excluding diaryl/α,β-unsaturated/α-hetero) is 1. The van der Waals surface area contributed by atoms with Crippen molar-refractivity contribution in [2.24, 2.45) is 11.3 Å². The van der Waals surface area contributed by atoms with E-state index in [0.29, 0.717) is 29.8 Å². The van der Waals surface area contributed by atoms with Crippen LogP contribution in [-0.4, -0.2) is 53.9 Å². The summed E-state index contributed by atoms with van der Waals surface area (Å²) in [5.74, 6) is -0.00599. The number of aliphatic hydroxyl groups is 1. The summed E-state index contributed by atoms with van der Waals surface area (Å²) < 4.78 is 0. The summed E-state index contributed by atoms with van der Waals surface area (Å²) in [5.41, 5.74) is 5.03. The van der Waals surface area contributed by atoms with Crippen LogP contribution in [0.5, 0.6) is 0 Å². The summed E-state index contributed by atoms with van der Waals surface area (Å²) in [4.78, 5) is 45.9. The fourth-order valence-electron chi connectivity index (χ4n) is 5.49. The molecule has 2 aromatic carbocycles. The summed E-state index contributed by atoms with van der Waals surface area (Å²) in [7, 11) is 1.72. The highest BCUT2D eigenvalue weighted by molar-refractivity contribution is 6.10. The highest BCUT2D eigenvalue weighted by atomic mass is 16.3. The maximum Gasteiger partial charge on any atom is 0.251 e. The van der Waals surface area contributed by atoms with Crippen molar-refractivity contribution >= 4 is 29.1 Å². The van der Waals surface area contributed by atoms with Gasteiger partial charge in [-0.2, -0.15) is 0 Å². The minimum absolute atomic E-state index is 0.0399. The van der Waals surface area contributed by atoms with Gasteiger partial charge in [0.05, 0.1) is 18.2 Å².